The maximum absolute atomic E-state index is 5.52. The summed E-state index contributed by atoms with van der Waals surface area (Å²) >= 11 is 0. The first-order chi connectivity index (χ1) is 9.88. The minimum absolute atomic E-state index is 0.835. The lowest BCUT2D eigenvalue weighted by molar-refractivity contribution is 0.131. The molecule has 0 unspecified atom stereocenters. The van der Waals surface area contributed by atoms with Crippen LogP contribution in [-0.2, 0) is 6.42 Å². The van der Waals surface area contributed by atoms with Crippen molar-refractivity contribution in [1.82, 2.24) is 14.8 Å². The molecule has 0 atom stereocenters. The van der Waals surface area contributed by atoms with E-state index in [1.165, 1.54) is 57.7 Å². The van der Waals surface area contributed by atoms with Crippen LogP contribution in [0.25, 0.3) is 0 Å². The molecule has 2 rings (SSSR count). The van der Waals surface area contributed by atoms with E-state index in [0.717, 1.165) is 19.5 Å². The van der Waals surface area contributed by atoms with Gasteiger partial charge in [-0.2, -0.15) is 0 Å². The number of unbranched alkanes of at least 4 members (excludes halogenated alkanes) is 2. The second-order valence-electron chi connectivity index (χ2n) is 5.60. The van der Waals surface area contributed by atoms with E-state index < -0.39 is 0 Å². The minimum atomic E-state index is 0.835. The first kappa shape index (κ1) is 15.4. The molecule has 0 bridgehead atoms. The van der Waals surface area contributed by atoms with Crippen LogP contribution in [0.4, 0.5) is 0 Å². The van der Waals surface area contributed by atoms with Crippen molar-refractivity contribution >= 4 is 0 Å². The Morgan fingerprint density at radius 2 is 1.70 bits per heavy atom. The summed E-state index contributed by atoms with van der Waals surface area (Å²) in [4.78, 5) is 9.54. The third-order valence-corrected chi connectivity index (χ3v) is 4.05. The van der Waals surface area contributed by atoms with Crippen LogP contribution in [0.1, 0.15) is 25.0 Å². The Morgan fingerprint density at radius 3 is 2.35 bits per heavy atom. The number of aromatic nitrogens is 1. The topological polar surface area (TPSA) is 45.4 Å². The summed E-state index contributed by atoms with van der Waals surface area (Å²) in [5, 5.41) is 0. The van der Waals surface area contributed by atoms with Crippen LogP contribution >= 0.6 is 0 Å². The van der Waals surface area contributed by atoms with E-state index in [1.807, 2.05) is 12.3 Å². The molecule has 0 saturated carbocycles. The van der Waals surface area contributed by atoms with Gasteiger partial charge in [0.25, 0.3) is 0 Å². The molecule has 0 aliphatic carbocycles. The van der Waals surface area contributed by atoms with Crippen molar-refractivity contribution in [2.75, 3.05) is 45.8 Å². The summed E-state index contributed by atoms with van der Waals surface area (Å²) in [7, 11) is 0. The number of rotatable bonds is 8. The molecule has 1 aromatic rings. The normalized spacial score (nSPS) is 17.4. The highest BCUT2D eigenvalue weighted by Gasteiger charge is 2.15. The highest BCUT2D eigenvalue weighted by Crippen LogP contribution is 2.06. The molecule has 0 aromatic carbocycles. The molecule has 0 radical (unpaired) electrons. The molecule has 0 spiro atoms. The van der Waals surface area contributed by atoms with Gasteiger partial charge in [0, 0.05) is 51.0 Å². The Labute approximate surface area is 123 Å². The van der Waals surface area contributed by atoms with Crippen molar-refractivity contribution < 1.29 is 0 Å². The zero-order valence-electron chi connectivity index (χ0n) is 12.5. The Balaban J connectivity index is 1.57. The second-order valence-corrected chi connectivity index (χ2v) is 5.60. The highest BCUT2D eigenvalue weighted by molar-refractivity contribution is 5.03. The van der Waals surface area contributed by atoms with Crippen LogP contribution in [0.5, 0.6) is 0 Å². The summed E-state index contributed by atoms with van der Waals surface area (Å²) in [6, 6.07) is 6.17. The predicted octanol–water partition coefficient (Wildman–Crippen LogP) is 1.37. The first-order valence-corrected chi connectivity index (χ1v) is 7.93. The fraction of sp³-hybridized carbons (Fsp3) is 0.688. The second kappa shape index (κ2) is 9.06. The van der Waals surface area contributed by atoms with Gasteiger partial charge >= 0.3 is 0 Å². The fourth-order valence-electron chi connectivity index (χ4n) is 2.71. The van der Waals surface area contributed by atoms with E-state index in [2.05, 4.69) is 26.9 Å². The fourth-order valence-corrected chi connectivity index (χ4v) is 2.71. The molecule has 1 aromatic heterocycles. The van der Waals surface area contributed by atoms with Crippen molar-refractivity contribution in [2.45, 2.75) is 25.7 Å². The largest absolute Gasteiger partial charge is 0.330 e. The van der Waals surface area contributed by atoms with Gasteiger partial charge in [0.1, 0.15) is 0 Å². The lowest BCUT2D eigenvalue weighted by Crippen LogP contribution is -2.47. The van der Waals surface area contributed by atoms with Crippen LogP contribution in [0, 0.1) is 0 Å². The molecule has 112 valence electrons. The molecule has 1 fully saturated rings. The zero-order valence-corrected chi connectivity index (χ0v) is 12.5. The van der Waals surface area contributed by atoms with E-state index in [9.17, 15) is 0 Å². The molecule has 1 saturated heterocycles. The average molecular weight is 276 g/mol. The molecule has 4 heteroatoms. The lowest BCUT2D eigenvalue weighted by atomic mass is 10.2. The van der Waals surface area contributed by atoms with E-state index >= 15 is 0 Å². The third-order valence-electron chi connectivity index (χ3n) is 4.05. The predicted molar refractivity (Wildman–Crippen MR) is 83.7 cm³/mol. The van der Waals surface area contributed by atoms with Gasteiger partial charge in [-0.25, -0.2) is 0 Å². The summed E-state index contributed by atoms with van der Waals surface area (Å²) < 4.78 is 0. The van der Waals surface area contributed by atoms with Gasteiger partial charge in [-0.3, -0.25) is 4.98 Å². The summed E-state index contributed by atoms with van der Waals surface area (Å²) in [6.45, 7) is 8.04. The smallest absolute Gasteiger partial charge is 0.0416 e. The van der Waals surface area contributed by atoms with Gasteiger partial charge in [0.15, 0.2) is 0 Å². The number of piperazine rings is 1. The number of hydrogen-bond donors (Lipinski definition) is 1. The van der Waals surface area contributed by atoms with Crippen molar-refractivity contribution in [3.63, 3.8) is 0 Å². The molecule has 1 aliphatic rings. The SMILES string of the molecule is NCCCCCN1CCN(CCc2ccccn2)CC1. The van der Waals surface area contributed by atoms with Crippen LogP contribution in [-0.4, -0.2) is 60.6 Å². The number of pyridine rings is 1. The Morgan fingerprint density at radius 1 is 0.950 bits per heavy atom. The molecule has 1 aliphatic heterocycles. The molecule has 0 amide bonds. The summed E-state index contributed by atoms with van der Waals surface area (Å²) in [5.74, 6) is 0. The van der Waals surface area contributed by atoms with E-state index in [4.69, 9.17) is 5.73 Å². The van der Waals surface area contributed by atoms with Crippen molar-refractivity contribution in [1.29, 1.82) is 0 Å². The van der Waals surface area contributed by atoms with Gasteiger partial charge in [-0.1, -0.05) is 12.5 Å². The summed E-state index contributed by atoms with van der Waals surface area (Å²) in [6.07, 6.45) is 6.69. The quantitative estimate of drug-likeness (QED) is 0.729. The van der Waals surface area contributed by atoms with Gasteiger partial charge in [-0.15, -0.1) is 0 Å². The number of nitrogens with zero attached hydrogens (tertiary/aromatic N) is 3. The molecule has 2 heterocycles. The molecule has 4 nitrogen and oxygen atoms in total. The van der Waals surface area contributed by atoms with E-state index in [1.54, 1.807) is 0 Å². The van der Waals surface area contributed by atoms with Gasteiger partial charge in [0.05, 0.1) is 0 Å². The summed E-state index contributed by atoms with van der Waals surface area (Å²) in [5.41, 5.74) is 6.73. The van der Waals surface area contributed by atoms with Crippen LogP contribution in [0.3, 0.4) is 0 Å². The van der Waals surface area contributed by atoms with Crippen molar-refractivity contribution in [3.05, 3.63) is 30.1 Å². The highest BCUT2D eigenvalue weighted by atomic mass is 15.3. The van der Waals surface area contributed by atoms with Crippen LogP contribution < -0.4 is 5.73 Å². The Kier molecular flexibility index (Phi) is 6.98. The van der Waals surface area contributed by atoms with E-state index in [-0.39, 0.29) is 0 Å². The maximum Gasteiger partial charge on any atom is 0.0416 e. The Hall–Kier alpha value is -0.970. The van der Waals surface area contributed by atoms with Gasteiger partial charge in [0.2, 0.25) is 0 Å². The van der Waals surface area contributed by atoms with Gasteiger partial charge < -0.3 is 15.5 Å². The van der Waals surface area contributed by atoms with E-state index in [0.29, 0.717) is 0 Å². The van der Waals surface area contributed by atoms with Gasteiger partial charge in [-0.05, 0) is 38.1 Å². The molecular formula is C16H28N4. The van der Waals surface area contributed by atoms with Crippen molar-refractivity contribution in [2.24, 2.45) is 5.73 Å². The number of hydrogen-bond acceptors (Lipinski definition) is 4. The maximum atomic E-state index is 5.52. The third kappa shape index (κ3) is 5.57. The average Bonchev–Trinajstić information content (AvgIpc) is 2.52. The monoisotopic (exact) mass is 276 g/mol. The lowest BCUT2D eigenvalue weighted by Gasteiger charge is -2.34. The Bertz CT molecular complexity index is 347. The standard InChI is InChI=1S/C16H28N4/c17-8-3-1-5-10-19-12-14-20(15-13-19)11-7-16-6-2-4-9-18-16/h2,4,6,9H,1,3,5,7-8,10-15,17H2. The molecular weight excluding hydrogens is 248 g/mol. The zero-order chi connectivity index (χ0) is 14.0. The number of nitrogens with two attached hydrogens (primary N) is 1. The van der Waals surface area contributed by atoms with Crippen LogP contribution in [0.15, 0.2) is 24.4 Å². The molecule has 20 heavy (non-hydrogen) atoms. The minimum Gasteiger partial charge on any atom is -0.330 e. The van der Waals surface area contributed by atoms with Crippen LogP contribution in [0.2, 0.25) is 0 Å². The van der Waals surface area contributed by atoms with Crippen molar-refractivity contribution in [3.8, 4) is 0 Å². The molecule has 2 N–H and O–H groups in total. The first-order valence-electron chi connectivity index (χ1n) is 7.93.